The molecule has 0 aliphatic rings. The van der Waals surface area contributed by atoms with Gasteiger partial charge in [0.1, 0.15) is 22.3 Å². The molecule has 0 spiro atoms. The Balaban J connectivity index is 1.38. The van der Waals surface area contributed by atoms with Crippen molar-refractivity contribution in [3.8, 4) is 11.4 Å². The molecule has 0 N–H and O–H groups in total. The molecule has 4 heterocycles. The van der Waals surface area contributed by atoms with Crippen molar-refractivity contribution in [2.24, 2.45) is 0 Å². The Morgan fingerprint density at radius 1 is 0.348 bits per heavy atom. The van der Waals surface area contributed by atoms with Gasteiger partial charge in [0, 0.05) is 49.1 Å². The molecule has 4 heteroatoms. The lowest BCUT2D eigenvalue weighted by molar-refractivity contribution is 0.669. The van der Waals surface area contributed by atoms with Crippen LogP contribution in [0.2, 0.25) is 0 Å². The Kier molecular flexibility index (Phi) is 4.55. The molecule has 11 aromatic rings. The topological polar surface area (TPSA) is 36.1 Å². The van der Waals surface area contributed by atoms with Crippen molar-refractivity contribution in [1.82, 2.24) is 9.13 Å². The van der Waals surface area contributed by atoms with Crippen LogP contribution < -0.4 is 0 Å². The molecule has 4 aromatic heterocycles. The van der Waals surface area contributed by atoms with E-state index in [1.165, 1.54) is 32.7 Å². The van der Waals surface area contributed by atoms with Crippen LogP contribution in [0.15, 0.2) is 154 Å². The monoisotopic (exact) mass is 588 g/mol. The van der Waals surface area contributed by atoms with Crippen LogP contribution in [0.1, 0.15) is 0 Å². The molecule has 11 rings (SSSR count). The van der Waals surface area contributed by atoms with Crippen LogP contribution in [0.25, 0.3) is 98.9 Å². The first-order valence-corrected chi connectivity index (χ1v) is 15.6. The molecular weight excluding hydrogens is 564 g/mol. The van der Waals surface area contributed by atoms with Crippen LogP contribution >= 0.6 is 0 Å². The molecule has 0 amide bonds. The average Bonchev–Trinajstić information content (AvgIpc) is 3.85. The molecule has 4 nitrogen and oxygen atoms in total. The third-order valence-corrected chi connectivity index (χ3v) is 9.70. The number of hydrogen-bond donors (Lipinski definition) is 0. The number of fused-ring (bicyclic) bond motifs is 14. The standard InChI is InChI=1S/C42H24N2O2/c1-2-10-25(11-3-1)43-33-15-7-4-14-30(33)39-34(43)22-20-31-40-35(21-19-29-27-12-5-9-17-37(27)46-42(29)40)44(41(31)39)26-18-23-38-32(24-26)28-13-6-8-16-36(28)45-38/h1-24H. The minimum atomic E-state index is 0.885. The number of hydrogen-bond acceptors (Lipinski definition) is 2. The van der Waals surface area contributed by atoms with Crippen LogP contribution in [0.4, 0.5) is 0 Å². The molecule has 46 heavy (non-hydrogen) atoms. The van der Waals surface area contributed by atoms with Crippen LogP contribution in [-0.4, -0.2) is 9.13 Å². The third kappa shape index (κ3) is 3.03. The van der Waals surface area contributed by atoms with Gasteiger partial charge in [-0.25, -0.2) is 0 Å². The van der Waals surface area contributed by atoms with E-state index in [0.29, 0.717) is 0 Å². The molecule has 0 bridgehead atoms. The predicted octanol–water partition coefficient (Wildman–Crippen LogP) is 11.7. The zero-order valence-electron chi connectivity index (χ0n) is 24.6. The summed E-state index contributed by atoms with van der Waals surface area (Å²) in [5.41, 5.74) is 10.4. The maximum atomic E-state index is 6.68. The number of nitrogens with zero attached hydrogens (tertiary/aromatic N) is 2. The van der Waals surface area contributed by atoms with Crippen molar-refractivity contribution in [3.05, 3.63) is 146 Å². The fourth-order valence-corrected chi connectivity index (χ4v) is 7.80. The summed E-state index contributed by atoms with van der Waals surface area (Å²) < 4.78 is 17.7. The normalized spacial score (nSPS) is 12.3. The van der Waals surface area contributed by atoms with E-state index in [4.69, 9.17) is 8.83 Å². The lowest BCUT2D eigenvalue weighted by atomic mass is 10.1. The quantitative estimate of drug-likeness (QED) is 0.201. The van der Waals surface area contributed by atoms with Crippen molar-refractivity contribution >= 4 is 87.5 Å². The minimum Gasteiger partial charge on any atom is -0.456 e. The van der Waals surface area contributed by atoms with Gasteiger partial charge in [0.15, 0.2) is 0 Å². The van der Waals surface area contributed by atoms with E-state index < -0.39 is 0 Å². The maximum Gasteiger partial charge on any atom is 0.145 e. The lowest BCUT2D eigenvalue weighted by Gasteiger charge is -2.10. The van der Waals surface area contributed by atoms with E-state index in [2.05, 4.69) is 137 Å². The molecule has 0 atom stereocenters. The number of benzene rings is 7. The highest BCUT2D eigenvalue weighted by atomic mass is 16.3. The second-order valence-electron chi connectivity index (χ2n) is 12.1. The van der Waals surface area contributed by atoms with E-state index >= 15 is 0 Å². The van der Waals surface area contributed by atoms with E-state index in [9.17, 15) is 0 Å². The van der Waals surface area contributed by atoms with E-state index in [-0.39, 0.29) is 0 Å². The van der Waals surface area contributed by atoms with Gasteiger partial charge in [-0.05, 0) is 72.8 Å². The number of para-hydroxylation sites is 4. The van der Waals surface area contributed by atoms with Crippen LogP contribution in [0.5, 0.6) is 0 Å². The first-order chi connectivity index (χ1) is 22.8. The Morgan fingerprint density at radius 3 is 1.80 bits per heavy atom. The summed E-state index contributed by atoms with van der Waals surface area (Å²) in [5.74, 6) is 0. The second-order valence-corrected chi connectivity index (χ2v) is 12.1. The van der Waals surface area contributed by atoms with Gasteiger partial charge in [-0.1, -0.05) is 72.8 Å². The Morgan fingerprint density at radius 2 is 0.978 bits per heavy atom. The lowest BCUT2D eigenvalue weighted by Crippen LogP contribution is -1.95. The molecule has 7 aromatic carbocycles. The number of aromatic nitrogens is 2. The third-order valence-electron chi connectivity index (χ3n) is 9.70. The van der Waals surface area contributed by atoms with Gasteiger partial charge in [0.25, 0.3) is 0 Å². The predicted molar refractivity (Wildman–Crippen MR) is 190 cm³/mol. The van der Waals surface area contributed by atoms with Gasteiger partial charge in [-0.15, -0.1) is 0 Å². The zero-order valence-corrected chi connectivity index (χ0v) is 24.6. The zero-order chi connectivity index (χ0) is 29.9. The van der Waals surface area contributed by atoms with Gasteiger partial charge in [-0.2, -0.15) is 0 Å². The molecule has 0 fully saturated rings. The van der Waals surface area contributed by atoms with Crippen LogP contribution in [0.3, 0.4) is 0 Å². The Labute approximate surface area is 261 Å². The highest BCUT2D eigenvalue weighted by molar-refractivity contribution is 6.31. The average molecular weight is 589 g/mol. The summed E-state index contributed by atoms with van der Waals surface area (Å²) in [6.45, 7) is 0. The molecule has 0 aliphatic heterocycles. The van der Waals surface area contributed by atoms with Crippen molar-refractivity contribution in [1.29, 1.82) is 0 Å². The van der Waals surface area contributed by atoms with E-state index in [1.807, 2.05) is 18.2 Å². The van der Waals surface area contributed by atoms with Crippen molar-refractivity contribution in [2.45, 2.75) is 0 Å². The first-order valence-electron chi connectivity index (χ1n) is 15.6. The smallest absolute Gasteiger partial charge is 0.145 e. The first kappa shape index (κ1) is 24.1. The van der Waals surface area contributed by atoms with Gasteiger partial charge < -0.3 is 18.0 Å². The molecule has 214 valence electrons. The summed E-state index contributed by atoms with van der Waals surface area (Å²) in [4.78, 5) is 0. The minimum absolute atomic E-state index is 0.885. The molecule has 0 saturated carbocycles. The number of rotatable bonds is 2. The molecular formula is C42H24N2O2. The highest BCUT2D eigenvalue weighted by Crippen LogP contribution is 2.45. The summed E-state index contributed by atoms with van der Waals surface area (Å²) in [6, 6.07) is 51.6. The summed E-state index contributed by atoms with van der Waals surface area (Å²) in [7, 11) is 0. The van der Waals surface area contributed by atoms with Gasteiger partial charge >= 0.3 is 0 Å². The molecule has 0 aliphatic carbocycles. The SMILES string of the molecule is c1ccc(-n2c3ccccc3c3c2ccc2c4c5oc6ccccc6c5ccc4n(-c4ccc5oc6ccccc6c5c4)c23)cc1. The van der Waals surface area contributed by atoms with Crippen molar-refractivity contribution in [2.75, 3.05) is 0 Å². The van der Waals surface area contributed by atoms with E-state index in [1.54, 1.807) is 0 Å². The van der Waals surface area contributed by atoms with Gasteiger partial charge in [0.05, 0.1) is 27.5 Å². The van der Waals surface area contributed by atoms with Crippen molar-refractivity contribution < 1.29 is 8.83 Å². The Hall–Kier alpha value is -6.26. The van der Waals surface area contributed by atoms with Crippen molar-refractivity contribution in [3.63, 3.8) is 0 Å². The van der Waals surface area contributed by atoms with Crippen LogP contribution in [-0.2, 0) is 0 Å². The highest BCUT2D eigenvalue weighted by Gasteiger charge is 2.24. The Bertz CT molecular complexity index is 3020. The van der Waals surface area contributed by atoms with Gasteiger partial charge in [0.2, 0.25) is 0 Å². The number of furan rings is 2. The summed E-state index contributed by atoms with van der Waals surface area (Å²) in [5, 5.41) is 9.21. The largest absolute Gasteiger partial charge is 0.456 e. The maximum absolute atomic E-state index is 6.68. The van der Waals surface area contributed by atoms with Crippen LogP contribution in [0, 0.1) is 0 Å². The fraction of sp³-hybridized carbons (Fsp3) is 0. The van der Waals surface area contributed by atoms with E-state index in [0.717, 1.165) is 66.2 Å². The fourth-order valence-electron chi connectivity index (χ4n) is 7.80. The molecule has 0 saturated heterocycles. The van der Waals surface area contributed by atoms with Gasteiger partial charge in [-0.3, -0.25) is 0 Å². The molecule has 0 radical (unpaired) electrons. The molecule has 0 unspecified atom stereocenters. The summed E-state index contributed by atoms with van der Waals surface area (Å²) >= 11 is 0. The second kappa shape index (κ2) is 8.68. The summed E-state index contributed by atoms with van der Waals surface area (Å²) in [6.07, 6.45) is 0.